The second-order valence-corrected chi connectivity index (χ2v) is 4.50. The number of nitrogens with one attached hydrogen (secondary N) is 2. The predicted molar refractivity (Wildman–Crippen MR) is 72.0 cm³/mol. The first-order valence-corrected chi connectivity index (χ1v) is 6.16. The SMILES string of the molecule is CCC(C)NC(C)c1cccc(NC(C)=O)c1. The second kappa shape index (κ2) is 6.40. The van der Waals surface area contributed by atoms with Crippen LogP contribution in [0.15, 0.2) is 24.3 Å². The maximum absolute atomic E-state index is 11.0. The fraction of sp³-hybridized carbons (Fsp3) is 0.500. The Morgan fingerprint density at radius 1 is 1.35 bits per heavy atom. The number of carbonyl (C=O) groups is 1. The third kappa shape index (κ3) is 4.57. The topological polar surface area (TPSA) is 41.1 Å². The smallest absolute Gasteiger partial charge is 0.221 e. The van der Waals surface area contributed by atoms with Crippen LogP contribution in [0.3, 0.4) is 0 Å². The molecular formula is C14H22N2O. The van der Waals surface area contributed by atoms with Gasteiger partial charge in [0.2, 0.25) is 5.91 Å². The van der Waals surface area contributed by atoms with Crippen LogP contribution in [0.4, 0.5) is 5.69 Å². The van der Waals surface area contributed by atoms with Crippen LogP contribution < -0.4 is 10.6 Å². The van der Waals surface area contributed by atoms with Gasteiger partial charge in [0, 0.05) is 24.7 Å². The highest BCUT2D eigenvalue weighted by molar-refractivity contribution is 5.88. The van der Waals surface area contributed by atoms with Gasteiger partial charge in [0.25, 0.3) is 0 Å². The van der Waals surface area contributed by atoms with Crippen molar-refractivity contribution in [3.05, 3.63) is 29.8 Å². The van der Waals surface area contributed by atoms with Gasteiger partial charge in [-0.2, -0.15) is 0 Å². The van der Waals surface area contributed by atoms with Crippen LogP contribution in [0.25, 0.3) is 0 Å². The van der Waals surface area contributed by atoms with Gasteiger partial charge in [-0.15, -0.1) is 0 Å². The standard InChI is InChI=1S/C14H22N2O/c1-5-10(2)15-11(3)13-7-6-8-14(9-13)16-12(4)17/h6-11,15H,5H2,1-4H3,(H,16,17). The van der Waals surface area contributed by atoms with E-state index in [-0.39, 0.29) is 5.91 Å². The molecule has 0 fully saturated rings. The molecular weight excluding hydrogens is 212 g/mol. The summed E-state index contributed by atoms with van der Waals surface area (Å²) in [6.07, 6.45) is 1.11. The third-order valence-corrected chi connectivity index (χ3v) is 2.85. The molecule has 2 N–H and O–H groups in total. The van der Waals surface area contributed by atoms with Crippen LogP contribution in [0, 0.1) is 0 Å². The molecule has 2 atom stereocenters. The molecule has 0 aliphatic carbocycles. The Kier molecular flexibility index (Phi) is 5.16. The van der Waals surface area contributed by atoms with E-state index in [1.165, 1.54) is 12.5 Å². The molecule has 0 aliphatic heterocycles. The Balaban J connectivity index is 2.73. The zero-order valence-electron chi connectivity index (χ0n) is 11.1. The van der Waals surface area contributed by atoms with Gasteiger partial charge in [0.15, 0.2) is 0 Å². The van der Waals surface area contributed by atoms with Gasteiger partial charge in [-0.05, 0) is 38.0 Å². The normalized spacial score (nSPS) is 14.1. The molecule has 1 rings (SSSR count). The maximum Gasteiger partial charge on any atom is 0.221 e. The molecule has 0 heterocycles. The van der Waals surface area contributed by atoms with E-state index >= 15 is 0 Å². The van der Waals surface area contributed by atoms with Crippen molar-refractivity contribution in [2.24, 2.45) is 0 Å². The summed E-state index contributed by atoms with van der Waals surface area (Å²) in [6, 6.07) is 8.75. The Morgan fingerprint density at radius 3 is 2.65 bits per heavy atom. The molecule has 0 bridgehead atoms. The molecule has 2 unspecified atom stereocenters. The van der Waals surface area contributed by atoms with E-state index in [0.717, 1.165) is 12.1 Å². The zero-order chi connectivity index (χ0) is 12.8. The summed E-state index contributed by atoms with van der Waals surface area (Å²) in [4.78, 5) is 11.0. The van der Waals surface area contributed by atoms with Crippen molar-refractivity contribution in [3.8, 4) is 0 Å². The summed E-state index contributed by atoms with van der Waals surface area (Å²) < 4.78 is 0. The maximum atomic E-state index is 11.0. The summed E-state index contributed by atoms with van der Waals surface area (Å²) >= 11 is 0. The number of rotatable bonds is 5. The number of anilines is 1. The molecule has 3 heteroatoms. The molecule has 1 amide bonds. The fourth-order valence-corrected chi connectivity index (χ4v) is 1.73. The molecule has 1 aromatic carbocycles. The van der Waals surface area contributed by atoms with Gasteiger partial charge >= 0.3 is 0 Å². The van der Waals surface area contributed by atoms with E-state index < -0.39 is 0 Å². The predicted octanol–water partition coefficient (Wildman–Crippen LogP) is 3.09. The van der Waals surface area contributed by atoms with Gasteiger partial charge in [0.05, 0.1) is 0 Å². The molecule has 0 radical (unpaired) electrons. The van der Waals surface area contributed by atoms with Gasteiger partial charge in [-0.1, -0.05) is 19.1 Å². The van der Waals surface area contributed by atoms with Gasteiger partial charge in [0.1, 0.15) is 0 Å². The van der Waals surface area contributed by atoms with E-state index in [0.29, 0.717) is 12.1 Å². The van der Waals surface area contributed by atoms with Crippen molar-refractivity contribution in [3.63, 3.8) is 0 Å². The minimum atomic E-state index is -0.0373. The quantitative estimate of drug-likeness (QED) is 0.822. The van der Waals surface area contributed by atoms with E-state index in [9.17, 15) is 4.79 Å². The molecule has 1 aromatic rings. The first-order valence-electron chi connectivity index (χ1n) is 6.16. The minimum Gasteiger partial charge on any atom is -0.326 e. The van der Waals surface area contributed by atoms with E-state index in [4.69, 9.17) is 0 Å². The van der Waals surface area contributed by atoms with E-state index in [1.807, 2.05) is 18.2 Å². The lowest BCUT2D eigenvalue weighted by Gasteiger charge is -2.19. The van der Waals surface area contributed by atoms with Crippen LogP contribution >= 0.6 is 0 Å². The van der Waals surface area contributed by atoms with Crippen LogP contribution in [-0.2, 0) is 4.79 Å². The van der Waals surface area contributed by atoms with Gasteiger partial charge in [-0.3, -0.25) is 4.79 Å². The average Bonchev–Trinajstić information content (AvgIpc) is 2.28. The highest BCUT2D eigenvalue weighted by Gasteiger charge is 2.08. The van der Waals surface area contributed by atoms with Crippen LogP contribution in [0.1, 0.15) is 45.7 Å². The summed E-state index contributed by atoms with van der Waals surface area (Å²) in [5.74, 6) is -0.0373. The first kappa shape index (κ1) is 13.7. The van der Waals surface area contributed by atoms with Gasteiger partial charge in [-0.25, -0.2) is 0 Å². The van der Waals surface area contributed by atoms with Crippen molar-refractivity contribution >= 4 is 11.6 Å². The van der Waals surface area contributed by atoms with Crippen molar-refractivity contribution in [2.45, 2.75) is 46.2 Å². The second-order valence-electron chi connectivity index (χ2n) is 4.50. The molecule has 0 aliphatic rings. The first-order chi connectivity index (χ1) is 8.02. The number of benzene rings is 1. The lowest BCUT2D eigenvalue weighted by molar-refractivity contribution is -0.114. The molecule has 17 heavy (non-hydrogen) atoms. The van der Waals surface area contributed by atoms with E-state index in [2.05, 4.69) is 37.5 Å². The van der Waals surface area contributed by atoms with Crippen molar-refractivity contribution in [1.29, 1.82) is 0 Å². The Bertz CT molecular complexity index is 376. The number of hydrogen-bond acceptors (Lipinski definition) is 2. The van der Waals surface area contributed by atoms with Gasteiger partial charge < -0.3 is 10.6 Å². The minimum absolute atomic E-state index is 0.0373. The lowest BCUT2D eigenvalue weighted by Crippen LogP contribution is -2.28. The summed E-state index contributed by atoms with van der Waals surface area (Å²) in [5, 5.41) is 6.31. The van der Waals surface area contributed by atoms with Crippen molar-refractivity contribution in [1.82, 2.24) is 5.32 Å². The van der Waals surface area contributed by atoms with E-state index in [1.54, 1.807) is 0 Å². The third-order valence-electron chi connectivity index (χ3n) is 2.85. The summed E-state index contributed by atoms with van der Waals surface area (Å²) in [7, 11) is 0. The number of amides is 1. The highest BCUT2D eigenvalue weighted by atomic mass is 16.1. The Labute approximate surface area is 104 Å². The number of carbonyl (C=O) groups excluding carboxylic acids is 1. The summed E-state index contributed by atoms with van der Waals surface area (Å²) in [6.45, 7) is 8.00. The zero-order valence-corrected chi connectivity index (χ0v) is 11.1. The monoisotopic (exact) mass is 234 g/mol. The molecule has 94 valence electrons. The Hall–Kier alpha value is -1.35. The lowest BCUT2D eigenvalue weighted by atomic mass is 10.1. The van der Waals surface area contributed by atoms with Crippen molar-refractivity contribution < 1.29 is 4.79 Å². The molecule has 0 spiro atoms. The Morgan fingerprint density at radius 2 is 2.06 bits per heavy atom. The number of hydrogen-bond donors (Lipinski definition) is 2. The largest absolute Gasteiger partial charge is 0.326 e. The van der Waals surface area contributed by atoms with Crippen molar-refractivity contribution in [2.75, 3.05) is 5.32 Å². The molecule has 3 nitrogen and oxygen atoms in total. The molecule has 0 saturated carbocycles. The average molecular weight is 234 g/mol. The van der Waals surface area contributed by atoms with Crippen LogP contribution in [0.2, 0.25) is 0 Å². The molecule has 0 aromatic heterocycles. The fourth-order valence-electron chi connectivity index (χ4n) is 1.73. The highest BCUT2D eigenvalue weighted by Crippen LogP contribution is 2.18. The summed E-state index contributed by atoms with van der Waals surface area (Å²) in [5.41, 5.74) is 2.05. The van der Waals surface area contributed by atoms with Crippen LogP contribution in [0.5, 0.6) is 0 Å². The van der Waals surface area contributed by atoms with Crippen LogP contribution in [-0.4, -0.2) is 11.9 Å². The molecule has 0 saturated heterocycles.